The van der Waals surface area contributed by atoms with E-state index in [0.29, 0.717) is 0 Å². The Kier molecular flexibility index (Phi) is 10.6. The molecule has 0 aliphatic heterocycles. The molecule has 0 heterocycles. The quantitative estimate of drug-likeness (QED) is 0.115. The lowest BCUT2D eigenvalue weighted by atomic mass is 10.3. The van der Waals surface area contributed by atoms with Crippen LogP contribution in [-0.2, 0) is 24.0 Å². The maximum Gasteiger partial charge on any atom is 0.359 e. The summed E-state index contributed by atoms with van der Waals surface area (Å²) in [6.45, 7) is -2.87. The monoisotopic (exact) mass is 394 g/mol. The lowest BCUT2D eigenvalue weighted by Gasteiger charge is -2.34. The van der Waals surface area contributed by atoms with Gasteiger partial charge < -0.3 is 30.8 Å². The van der Waals surface area contributed by atoms with Gasteiger partial charge >= 0.3 is 29.8 Å². The smallest absolute Gasteiger partial charge is 0.359 e. The molecule has 13 nitrogen and oxygen atoms in total. The molecule has 0 bridgehead atoms. The zero-order valence-electron chi connectivity index (χ0n) is 14.5. The highest BCUT2D eigenvalue weighted by Crippen LogP contribution is 2.06. The van der Waals surface area contributed by atoms with E-state index in [1.807, 2.05) is 0 Å². The number of carboxylic acids is 5. The van der Waals surface area contributed by atoms with E-state index in [2.05, 4.69) is 5.32 Å². The molecule has 0 unspecified atom stereocenters. The maximum absolute atomic E-state index is 11.0. The Balaban J connectivity index is 4.74. The molecule has 0 aliphatic rings. The molecule has 0 radical (unpaired) electrons. The highest BCUT2D eigenvalue weighted by atomic mass is 16.4. The number of aliphatic carboxylic acids is 5. The van der Waals surface area contributed by atoms with Crippen molar-refractivity contribution in [3.8, 4) is 0 Å². The first kappa shape index (κ1) is 24.2. The number of rotatable bonds is 16. The van der Waals surface area contributed by atoms with Crippen molar-refractivity contribution in [3.63, 3.8) is 0 Å². The van der Waals surface area contributed by atoms with Gasteiger partial charge in [-0.05, 0) is 0 Å². The predicted octanol–water partition coefficient (Wildman–Crippen LogP) is -2.88. The van der Waals surface area contributed by atoms with E-state index in [-0.39, 0.29) is 26.2 Å². The number of quaternary nitrogens is 1. The Labute approximate surface area is 154 Å². The van der Waals surface area contributed by atoms with Gasteiger partial charge in [-0.2, -0.15) is 0 Å². The van der Waals surface area contributed by atoms with Crippen LogP contribution in [0.5, 0.6) is 0 Å². The SMILES string of the molecule is O=C(O)CN(CCNCC[N+](CC(=O)O)(CC(=O)O)CC(=O)O)CC(=O)O. The molecular weight excluding hydrogens is 370 g/mol. The Bertz CT molecular complexity index is 509. The number of carbonyl (C=O) groups is 5. The molecule has 0 rings (SSSR count). The van der Waals surface area contributed by atoms with Gasteiger partial charge in [0.25, 0.3) is 0 Å². The second-order valence-corrected chi connectivity index (χ2v) is 5.97. The third-order valence-corrected chi connectivity index (χ3v) is 3.50. The summed E-state index contributed by atoms with van der Waals surface area (Å²) in [6.07, 6.45) is 0. The van der Waals surface area contributed by atoms with Crippen LogP contribution in [-0.4, -0.2) is 124 Å². The molecule has 0 aromatic carbocycles. The highest BCUT2D eigenvalue weighted by Gasteiger charge is 2.35. The minimum atomic E-state index is -1.34. The largest absolute Gasteiger partial charge is 0.480 e. The van der Waals surface area contributed by atoms with Crippen molar-refractivity contribution in [2.45, 2.75) is 0 Å². The van der Waals surface area contributed by atoms with Crippen molar-refractivity contribution >= 4 is 29.8 Å². The zero-order valence-corrected chi connectivity index (χ0v) is 14.5. The van der Waals surface area contributed by atoms with Crippen LogP contribution < -0.4 is 5.32 Å². The molecule has 0 atom stereocenters. The van der Waals surface area contributed by atoms with E-state index in [0.717, 1.165) is 4.90 Å². The van der Waals surface area contributed by atoms with Gasteiger partial charge in [-0.1, -0.05) is 0 Å². The summed E-state index contributed by atoms with van der Waals surface area (Å²) in [7, 11) is 0. The van der Waals surface area contributed by atoms with Crippen LogP contribution in [0.25, 0.3) is 0 Å². The molecule has 13 heteroatoms. The van der Waals surface area contributed by atoms with Crippen LogP contribution in [0.2, 0.25) is 0 Å². The molecule has 0 spiro atoms. The average Bonchev–Trinajstić information content (AvgIpc) is 2.42. The first-order valence-corrected chi connectivity index (χ1v) is 7.83. The predicted molar refractivity (Wildman–Crippen MR) is 87.2 cm³/mol. The second kappa shape index (κ2) is 11.8. The van der Waals surface area contributed by atoms with Gasteiger partial charge in [0.1, 0.15) is 0 Å². The van der Waals surface area contributed by atoms with Gasteiger partial charge in [-0.25, -0.2) is 14.4 Å². The van der Waals surface area contributed by atoms with Crippen molar-refractivity contribution in [3.05, 3.63) is 0 Å². The summed E-state index contributed by atoms with van der Waals surface area (Å²) in [5.74, 6) is -6.42. The van der Waals surface area contributed by atoms with Crippen molar-refractivity contribution < 1.29 is 54.0 Å². The maximum atomic E-state index is 11.0. The zero-order chi connectivity index (χ0) is 21.0. The lowest BCUT2D eigenvalue weighted by molar-refractivity contribution is -0.906. The van der Waals surface area contributed by atoms with E-state index in [4.69, 9.17) is 25.5 Å². The minimum absolute atomic E-state index is 0.0574. The molecular formula is C14H24N3O10+. The van der Waals surface area contributed by atoms with E-state index < -0.39 is 67.1 Å². The second-order valence-electron chi connectivity index (χ2n) is 5.97. The van der Waals surface area contributed by atoms with E-state index in [1.165, 1.54) is 0 Å². The van der Waals surface area contributed by atoms with Gasteiger partial charge in [0.05, 0.1) is 19.6 Å². The summed E-state index contributed by atoms with van der Waals surface area (Å²) >= 11 is 0. The van der Waals surface area contributed by atoms with Gasteiger partial charge in [0.15, 0.2) is 19.6 Å². The topological polar surface area (TPSA) is 202 Å². The molecule has 154 valence electrons. The normalized spacial score (nSPS) is 11.3. The van der Waals surface area contributed by atoms with Gasteiger partial charge in [0, 0.05) is 19.6 Å². The molecule has 0 fully saturated rings. The first-order chi connectivity index (χ1) is 12.5. The summed E-state index contributed by atoms with van der Waals surface area (Å²) in [6, 6.07) is 0. The fraction of sp³-hybridized carbons (Fsp3) is 0.643. The molecule has 0 aromatic rings. The van der Waals surface area contributed by atoms with Crippen LogP contribution in [0.15, 0.2) is 0 Å². The first-order valence-electron chi connectivity index (χ1n) is 7.83. The molecule has 0 aliphatic carbocycles. The Hall–Kier alpha value is -2.77. The average molecular weight is 394 g/mol. The van der Waals surface area contributed by atoms with E-state index in [1.54, 1.807) is 0 Å². The Morgan fingerprint density at radius 2 is 1.07 bits per heavy atom. The van der Waals surface area contributed by atoms with Crippen LogP contribution in [0.1, 0.15) is 0 Å². The number of hydrogen-bond acceptors (Lipinski definition) is 7. The van der Waals surface area contributed by atoms with Crippen molar-refractivity contribution in [2.75, 3.05) is 58.9 Å². The summed E-state index contributed by atoms with van der Waals surface area (Å²) in [4.78, 5) is 55.6. The van der Waals surface area contributed by atoms with Gasteiger partial charge in [0.2, 0.25) is 0 Å². The van der Waals surface area contributed by atoms with Gasteiger partial charge in [-0.15, -0.1) is 0 Å². The van der Waals surface area contributed by atoms with Crippen LogP contribution >= 0.6 is 0 Å². The third-order valence-electron chi connectivity index (χ3n) is 3.50. The number of carboxylic acid groups (broad SMARTS) is 5. The van der Waals surface area contributed by atoms with Crippen LogP contribution in [0.4, 0.5) is 0 Å². The molecule has 6 N–H and O–H groups in total. The summed E-state index contributed by atoms with van der Waals surface area (Å²) < 4.78 is -0.707. The third kappa shape index (κ3) is 12.3. The highest BCUT2D eigenvalue weighted by molar-refractivity contribution is 5.73. The minimum Gasteiger partial charge on any atom is -0.480 e. The number of hydrogen-bond donors (Lipinski definition) is 6. The molecule has 0 aromatic heterocycles. The Morgan fingerprint density at radius 3 is 1.41 bits per heavy atom. The molecule has 0 saturated carbocycles. The molecule has 27 heavy (non-hydrogen) atoms. The fourth-order valence-electron chi connectivity index (χ4n) is 2.54. The van der Waals surface area contributed by atoms with E-state index in [9.17, 15) is 24.0 Å². The number of nitrogens with zero attached hydrogens (tertiary/aromatic N) is 2. The van der Waals surface area contributed by atoms with Crippen LogP contribution in [0, 0.1) is 0 Å². The van der Waals surface area contributed by atoms with Crippen LogP contribution in [0.3, 0.4) is 0 Å². The summed E-state index contributed by atoms with van der Waals surface area (Å²) in [5, 5.41) is 47.2. The van der Waals surface area contributed by atoms with E-state index >= 15 is 0 Å². The summed E-state index contributed by atoms with van der Waals surface area (Å²) in [5.41, 5.74) is 0. The van der Waals surface area contributed by atoms with Crippen molar-refractivity contribution in [1.29, 1.82) is 0 Å². The van der Waals surface area contributed by atoms with Gasteiger partial charge in [-0.3, -0.25) is 19.0 Å². The Morgan fingerprint density at radius 1 is 0.667 bits per heavy atom. The van der Waals surface area contributed by atoms with Crippen molar-refractivity contribution in [2.24, 2.45) is 0 Å². The standard InChI is InChI=1S/C14H23N3O10/c18-10(19)5-16(6-11(20)21)3-1-15-2-4-17(7-12(22)23,8-13(24)25)9-14(26)27/h15H,1-9H2,(H4-,18,19,20,21,22,23,24,25,26,27)/p+1. The number of nitrogens with one attached hydrogen (secondary N) is 1. The molecule has 0 saturated heterocycles. The molecule has 0 amide bonds. The fourth-order valence-corrected chi connectivity index (χ4v) is 2.54. The van der Waals surface area contributed by atoms with Crippen molar-refractivity contribution in [1.82, 2.24) is 10.2 Å². The lowest BCUT2D eigenvalue weighted by Crippen LogP contribution is -2.59.